The lowest BCUT2D eigenvalue weighted by molar-refractivity contribution is 0.315. The Labute approximate surface area is 157 Å². The molecule has 0 fully saturated rings. The van der Waals surface area contributed by atoms with Crippen LogP contribution in [0.2, 0.25) is 0 Å². The predicted octanol–water partition coefficient (Wildman–Crippen LogP) is 5.35. The third-order valence-electron chi connectivity index (χ3n) is 4.17. The molecule has 1 aromatic heterocycles. The van der Waals surface area contributed by atoms with Gasteiger partial charge in [-0.15, -0.1) is 11.8 Å². The number of hydrogen-bond donors (Lipinski definition) is 0. The quantitative estimate of drug-likeness (QED) is 0.353. The molecule has 26 heavy (non-hydrogen) atoms. The zero-order valence-electron chi connectivity index (χ0n) is 14.9. The summed E-state index contributed by atoms with van der Waals surface area (Å²) in [4.78, 5) is 9.54. The second kappa shape index (κ2) is 7.38. The van der Waals surface area contributed by atoms with E-state index in [4.69, 9.17) is 19.4 Å². The molecule has 0 amide bonds. The van der Waals surface area contributed by atoms with Gasteiger partial charge in [0.25, 0.3) is 0 Å². The summed E-state index contributed by atoms with van der Waals surface area (Å²) < 4.78 is 12.0. The van der Waals surface area contributed by atoms with E-state index in [-0.39, 0.29) is 0 Å². The molecule has 3 aromatic rings. The van der Waals surface area contributed by atoms with Crippen LogP contribution in [0.4, 0.5) is 0 Å². The van der Waals surface area contributed by atoms with Crippen molar-refractivity contribution in [3.05, 3.63) is 59.7 Å². The molecule has 0 spiro atoms. The molecular formula is C21H20N2O2S. The lowest BCUT2D eigenvalue weighted by Crippen LogP contribution is -2.10. The van der Waals surface area contributed by atoms with E-state index >= 15 is 0 Å². The molecule has 0 unspecified atom stereocenters. The number of para-hydroxylation sites is 1. The maximum Gasteiger partial charge on any atom is 0.227 e. The Balaban J connectivity index is 1.82. The minimum atomic E-state index is 0.600. The van der Waals surface area contributed by atoms with Crippen LogP contribution in [0.1, 0.15) is 25.0 Å². The zero-order chi connectivity index (χ0) is 17.9. The monoisotopic (exact) mass is 364 g/mol. The molecule has 0 saturated carbocycles. The van der Waals surface area contributed by atoms with Crippen LogP contribution in [0.15, 0.2) is 53.6 Å². The van der Waals surface area contributed by atoms with Gasteiger partial charge >= 0.3 is 0 Å². The molecule has 132 valence electrons. The number of thioether (sulfide) groups is 1. The Hall–Kier alpha value is -2.53. The predicted molar refractivity (Wildman–Crippen MR) is 104 cm³/mol. The van der Waals surface area contributed by atoms with E-state index in [1.54, 1.807) is 11.8 Å². The first-order chi connectivity index (χ1) is 12.8. The zero-order valence-corrected chi connectivity index (χ0v) is 15.7. The molecule has 5 heteroatoms. The number of nitrogens with zero attached hydrogens (tertiary/aromatic N) is 2. The first-order valence-electron chi connectivity index (χ1n) is 8.81. The van der Waals surface area contributed by atoms with E-state index < -0.39 is 0 Å². The van der Waals surface area contributed by atoms with E-state index in [1.807, 2.05) is 49.4 Å². The lowest BCUT2D eigenvalue weighted by atomic mass is 10.0. The van der Waals surface area contributed by atoms with Crippen LogP contribution in [-0.4, -0.2) is 22.3 Å². The molecule has 1 aliphatic rings. The molecule has 0 N–H and O–H groups in total. The molecule has 0 aliphatic carbocycles. The molecule has 0 atom stereocenters. The minimum Gasteiger partial charge on any atom is -0.490 e. The molecule has 2 aromatic carbocycles. The standard InChI is InChI=1S/C21H20N2O2S/c1-3-24-17-12-8-11-15-13-16-20(25-18(15)17)22-19(23-21(16)26-4-2)14-9-6-5-7-10-14/h5-12H,3-4,13H2,1-2H3. The molecule has 1 aliphatic heterocycles. The average molecular weight is 364 g/mol. The Morgan fingerprint density at radius 3 is 2.65 bits per heavy atom. The molecule has 4 nitrogen and oxygen atoms in total. The van der Waals surface area contributed by atoms with Crippen molar-refractivity contribution >= 4 is 11.8 Å². The fraction of sp³-hybridized carbons (Fsp3) is 0.238. The number of benzene rings is 2. The van der Waals surface area contributed by atoms with E-state index in [1.165, 1.54) is 0 Å². The van der Waals surface area contributed by atoms with Crippen LogP contribution in [0, 0.1) is 0 Å². The highest BCUT2D eigenvalue weighted by atomic mass is 32.2. The van der Waals surface area contributed by atoms with Gasteiger partial charge < -0.3 is 9.47 Å². The second-order valence-corrected chi connectivity index (χ2v) is 7.14. The minimum absolute atomic E-state index is 0.600. The van der Waals surface area contributed by atoms with E-state index in [0.717, 1.165) is 45.4 Å². The van der Waals surface area contributed by atoms with Gasteiger partial charge in [-0.1, -0.05) is 49.4 Å². The normalized spacial score (nSPS) is 12.1. The van der Waals surface area contributed by atoms with Crippen LogP contribution in [0.5, 0.6) is 17.4 Å². The maximum absolute atomic E-state index is 6.22. The fourth-order valence-corrected chi connectivity index (χ4v) is 3.78. The van der Waals surface area contributed by atoms with Crippen LogP contribution < -0.4 is 9.47 Å². The van der Waals surface area contributed by atoms with Gasteiger partial charge in [-0.05, 0) is 18.7 Å². The average Bonchev–Trinajstić information content (AvgIpc) is 2.68. The van der Waals surface area contributed by atoms with Crippen molar-refractivity contribution in [2.75, 3.05) is 12.4 Å². The molecule has 4 rings (SSSR count). The van der Waals surface area contributed by atoms with Crippen molar-refractivity contribution in [2.24, 2.45) is 0 Å². The first kappa shape index (κ1) is 16.9. The summed E-state index contributed by atoms with van der Waals surface area (Å²) in [5.41, 5.74) is 3.15. The smallest absolute Gasteiger partial charge is 0.227 e. The van der Waals surface area contributed by atoms with Gasteiger partial charge in [0.1, 0.15) is 5.03 Å². The Kier molecular flexibility index (Phi) is 4.80. The number of rotatable bonds is 5. The van der Waals surface area contributed by atoms with Gasteiger partial charge in [0.2, 0.25) is 5.88 Å². The summed E-state index contributed by atoms with van der Waals surface area (Å²) >= 11 is 1.73. The van der Waals surface area contributed by atoms with Crippen molar-refractivity contribution in [3.63, 3.8) is 0 Å². The van der Waals surface area contributed by atoms with E-state index in [9.17, 15) is 0 Å². The topological polar surface area (TPSA) is 44.2 Å². The van der Waals surface area contributed by atoms with Crippen LogP contribution in [0.3, 0.4) is 0 Å². The summed E-state index contributed by atoms with van der Waals surface area (Å²) in [6, 6.07) is 16.0. The van der Waals surface area contributed by atoms with Crippen molar-refractivity contribution < 1.29 is 9.47 Å². The van der Waals surface area contributed by atoms with E-state index in [2.05, 4.69) is 13.0 Å². The maximum atomic E-state index is 6.22. The Bertz CT molecular complexity index is 929. The third-order valence-corrected chi connectivity index (χ3v) is 5.07. The largest absolute Gasteiger partial charge is 0.490 e. The summed E-state index contributed by atoms with van der Waals surface area (Å²) in [6.45, 7) is 4.71. The van der Waals surface area contributed by atoms with Gasteiger partial charge in [0, 0.05) is 17.5 Å². The highest BCUT2D eigenvalue weighted by Gasteiger charge is 2.26. The lowest BCUT2D eigenvalue weighted by Gasteiger charge is -2.23. The third kappa shape index (κ3) is 3.15. The van der Waals surface area contributed by atoms with Gasteiger partial charge in [-0.2, -0.15) is 4.98 Å². The number of ether oxygens (including phenoxy) is 2. The highest BCUT2D eigenvalue weighted by molar-refractivity contribution is 7.99. The van der Waals surface area contributed by atoms with Crippen molar-refractivity contribution in [2.45, 2.75) is 25.3 Å². The van der Waals surface area contributed by atoms with Crippen molar-refractivity contribution in [1.29, 1.82) is 0 Å². The first-order valence-corrected chi connectivity index (χ1v) is 9.80. The Morgan fingerprint density at radius 1 is 1.04 bits per heavy atom. The molecule has 0 radical (unpaired) electrons. The SMILES string of the molecule is CCOc1cccc2c1Oc1nc(-c3ccccc3)nc(SCC)c1C2. The fourth-order valence-electron chi connectivity index (χ4n) is 3.02. The molecular weight excluding hydrogens is 344 g/mol. The van der Waals surface area contributed by atoms with Crippen LogP contribution in [-0.2, 0) is 6.42 Å². The number of aromatic nitrogens is 2. The van der Waals surface area contributed by atoms with Crippen molar-refractivity contribution in [1.82, 2.24) is 9.97 Å². The summed E-state index contributed by atoms with van der Waals surface area (Å²) in [5.74, 6) is 3.81. The summed E-state index contributed by atoms with van der Waals surface area (Å²) in [5, 5.41) is 0.990. The van der Waals surface area contributed by atoms with Crippen LogP contribution in [0.25, 0.3) is 11.4 Å². The molecule has 2 heterocycles. The van der Waals surface area contributed by atoms with Gasteiger partial charge in [-0.3, -0.25) is 0 Å². The Morgan fingerprint density at radius 2 is 1.88 bits per heavy atom. The summed E-state index contributed by atoms with van der Waals surface area (Å²) in [7, 11) is 0. The summed E-state index contributed by atoms with van der Waals surface area (Å²) in [6.07, 6.45) is 0.753. The van der Waals surface area contributed by atoms with Crippen LogP contribution >= 0.6 is 11.8 Å². The van der Waals surface area contributed by atoms with Gasteiger partial charge in [-0.25, -0.2) is 4.98 Å². The van der Waals surface area contributed by atoms with Gasteiger partial charge in [0.15, 0.2) is 17.3 Å². The second-order valence-electron chi connectivity index (χ2n) is 5.89. The molecule has 0 saturated heterocycles. The van der Waals surface area contributed by atoms with E-state index in [0.29, 0.717) is 18.3 Å². The molecule has 0 bridgehead atoms. The number of hydrogen-bond acceptors (Lipinski definition) is 5. The highest BCUT2D eigenvalue weighted by Crippen LogP contribution is 2.44. The van der Waals surface area contributed by atoms with Gasteiger partial charge in [0.05, 0.1) is 12.2 Å². The van der Waals surface area contributed by atoms with Crippen molar-refractivity contribution in [3.8, 4) is 28.8 Å². The number of fused-ring (bicyclic) bond motifs is 2.